The highest BCUT2D eigenvalue weighted by Gasteiger charge is 2.36. The third-order valence-electron chi connectivity index (χ3n) is 5.81. The highest BCUT2D eigenvalue weighted by molar-refractivity contribution is 4.70. The first-order valence-electron chi connectivity index (χ1n) is 9.24. The van der Waals surface area contributed by atoms with E-state index in [2.05, 4.69) is 27.7 Å². The first-order chi connectivity index (χ1) is 9.39. The molecule has 2 fully saturated rings. The van der Waals surface area contributed by atoms with Gasteiger partial charge in [-0.05, 0) is 36.5 Å². The predicted octanol–water partition coefficient (Wildman–Crippen LogP) is 5.25. The summed E-state index contributed by atoms with van der Waals surface area (Å²) in [5, 5.41) is 0. The second kappa shape index (κ2) is 6.81. The first kappa shape index (κ1) is 16.3. The lowest BCUT2D eigenvalue weighted by Crippen LogP contribution is -2.50. The Morgan fingerprint density at radius 3 is 2.15 bits per heavy atom. The molecular weight excluding hydrogens is 242 g/mol. The van der Waals surface area contributed by atoms with Crippen molar-refractivity contribution in [3.05, 3.63) is 0 Å². The Labute approximate surface area is 127 Å². The zero-order chi connectivity index (χ0) is 14.6. The lowest BCUT2D eigenvalue weighted by molar-refractivity contribution is -0.922. The maximum Gasteiger partial charge on any atom is 0.0789 e. The number of quaternary nitrogens is 1. The third-order valence-corrected chi connectivity index (χ3v) is 5.81. The fourth-order valence-corrected chi connectivity index (χ4v) is 4.81. The fourth-order valence-electron chi connectivity index (χ4n) is 4.81. The van der Waals surface area contributed by atoms with Gasteiger partial charge in [0.05, 0.1) is 26.2 Å². The van der Waals surface area contributed by atoms with Gasteiger partial charge in [0.2, 0.25) is 0 Å². The summed E-state index contributed by atoms with van der Waals surface area (Å²) in [4.78, 5) is 0. The number of piperidine rings is 1. The van der Waals surface area contributed by atoms with Gasteiger partial charge in [0, 0.05) is 12.8 Å². The van der Waals surface area contributed by atoms with Gasteiger partial charge < -0.3 is 4.48 Å². The minimum Gasteiger partial charge on any atom is -0.324 e. The summed E-state index contributed by atoms with van der Waals surface area (Å²) in [5.74, 6) is 1.97. The molecule has 0 aromatic rings. The maximum absolute atomic E-state index is 2.45. The van der Waals surface area contributed by atoms with Crippen molar-refractivity contribution < 1.29 is 4.48 Å². The molecule has 1 heteroatoms. The molecule has 1 spiro atoms. The van der Waals surface area contributed by atoms with Crippen LogP contribution in [0.15, 0.2) is 0 Å². The van der Waals surface area contributed by atoms with Gasteiger partial charge in [0.1, 0.15) is 0 Å². The molecule has 1 nitrogen and oxygen atoms in total. The average Bonchev–Trinajstić information content (AvgIpc) is 2.78. The highest BCUT2D eigenvalue weighted by Crippen LogP contribution is 2.32. The summed E-state index contributed by atoms with van der Waals surface area (Å²) >= 11 is 0. The van der Waals surface area contributed by atoms with Crippen molar-refractivity contribution in [2.45, 2.75) is 79.1 Å². The van der Waals surface area contributed by atoms with Crippen LogP contribution in [-0.4, -0.2) is 30.7 Å². The molecule has 2 saturated heterocycles. The van der Waals surface area contributed by atoms with Crippen molar-refractivity contribution >= 4 is 0 Å². The van der Waals surface area contributed by atoms with Crippen LogP contribution in [0.1, 0.15) is 79.1 Å². The normalized spacial score (nSPS) is 25.2. The fraction of sp³-hybridized carbons (Fsp3) is 1.00. The van der Waals surface area contributed by atoms with Crippen LogP contribution in [0.3, 0.4) is 0 Å². The van der Waals surface area contributed by atoms with Gasteiger partial charge in [-0.15, -0.1) is 0 Å². The number of hydrogen-bond acceptors (Lipinski definition) is 0. The van der Waals surface area contributed by atoms with E-state index in [-0.39, 0.29) is 0 Å². The maximum atomic E-state index is 2.45. The molecule has 0 aromatic heterocycles. The van der Waals surface area contributed by atoms with E-state index in [1.807, 2.05) is 0 Å². The van der Waals surface area contributed by atoms with Crippen LogP contribution in [0.5, 0.6) is 0 Å². The molecule has 0 amide bonds. The van der Waals surface area contributed by atoms with E-state index in [9.17, 15) is 0 Å². The monoisotopic (exact) mass is 280 g/mol. The van der Waals surface area contributed by atoms with Crippen molar-refractivity contribution in [3.63, 3.8) is 0 Å². The quantitative estimate of drug-likeness (QED) is 0.603. The molecular formula is C19H38N+. The minimum absolute atomic E-state index is 0.511. The molecule has 0 aromatic carbocycles. The van der Waals surface area contributed by atoms with Gasteiger partial charge in [-0.1, -0.05) is 47.0 Å². The van der Waals surface area contributed by atoms with E-state index < -0.39 is 0 Å². The summed E-state index contributed by atoms with van der Waals surface area (Å²) in [5.41, 5.74) is 0.511. The minimum atomic E-state index is 0.511. The van der Waals surface area contributed by atoms with Gasteiger partial charge in [-0.2, -0.15) is 0 Å². The Bertz CT molecular complexity index is 273. The predicted molar refractivity (Wildman–Crippen MR) is 88.8 cm³/mol. The summed E-state index contributed by atoms with van der Waals surface area (Å²) < 4.78 is 1.50. The van der Waals surface area contributed by atoms with Crippen LogP contribution in [0, 0.1) is 17.3 Å². The van der Waals surface area contributed by atoms with E-state index in [0.29, 0.717) is 5.41 Å². The van der Waals surface area contributed by atoms with Crippen molar-refractivity contribution in [3.8, 4) is 0 Å². The molecule has 2 heterocycles. The molecule has 0 bridgehead atoms. The smallest absolute Gasteiger partial charge is 0.0789 e. The Morgan fingerprint density at radius 2 is 1.60 bits per heavy atom. The second-order valence-corrected chi connectivity index (χ2v) is 9.19. The van der Waals surface area contributed by atoms with Gasteiger partial charge in [-0.25, -0.2) is 0 Å². The number of nitrogens with zero attached hydrogens (tertiary/aromatic N) is 1. The Hall–Kier alpha value is -0.0400. The summed E-state index contributed by atoms with van der Waals surface area (Å²) in [7, 11) is 0. The third kappa shape index (κ3) is 5.06. The van der Waals surface area contributed by atoms with Crippen LogP contribution in [0.25, 0.3) is 0 Å². The summed E-state index contributed by atoms with van der Waals surface area (Å²) in [6.07, 6.45) is 11.9. The summed E-state index contributed by atoms with van der Waals surface area (Å²) in [6, 6.07) is 0. The zero-order valence-corrected chi connectivity index (χ0v) is 14.6. The van der Waals surface area contributed by atoms with Crippen molar-refractivity contribution in [2.75, 3.05) is 26.2 Å². The van der Waals surface area contributed by atoms with Gasteiger partial charge in [-0.3, -0.25) is 0 Å². The van der Waals surface area contributed by atoms with Gasteiger partial charge in [0.15, 0.2) is 0 Å². The van der Waals surface area contributed by atoms with Crippen LogP contribution in [0.2, 0.25) is 0 Å². The topological polar surface area (TPSA) is 0 Å². The standard InChI is InChI=1S/C19H38N/c1-17(16-19(2,3)4)8-7-9-18-10-14-20(15-11-18)12-5-6-13-20/h17-18H,5-16H2,1-4H3/q+1. The Morgan fingerprint density at radius 1 is 1.00 bits per heavy atom. The molecule has 0 aliphatic carbocycles. The molecule has 2 aliphatic rings. The van der Waals surface area contributed by atoms with E-state index in [4.69, 9.17) is 0 Å². The molecule has 1 unspecified atom stereocenters. The summed E-state index contributed by atoms with van der Waals surface area (Å²) in [6.45, 7) is 15.6. The van der Waals surface area contributed by atoms with Crippen molar-refractivity contribution in [1.82, 2.24) is 0 Å². The van der Waals surface area contributed by atoms with Gasteiger partial charge >= 0.3 is 0 Å². The molecule has 0 radical (unpaired) electrons. The first-order valence-corrected chi connectivity index (χ1v) is 9.24. The Balaban J connectivity index is 1.59. The van der Waals surface area contributed by atoms with Crippen LogP contribution in [0.4, 0.5) is 0 Å². The van der Waals surface area contributed by atoms with Gasteiger partial charge in [0.25, 0.3) is 0 Å². The molecule has 2 rings (SSSR count). The molecule has 0 N–H and O–H groups in total. The highest BCUT2D eigenvalue weighted by atomic mass is 15.4. The second-order valence-electron chi connectivity index (χ2n) is 9.19. The Kier molecular flexibility index (Phi) is 5.56. The van der Waals surface area contributed by atoms with E-state index in [1.165, 1.54) is 82.0 Å². The molecule has 0 saturated carbocycles. The molecule has 118 valence electrons. The van der Waals surface area contributed by atoms with Crippen LogP contribution >= 0.6 is 0 Å². The van der Waals surface area contributed by atoms with Crippen LogP contribution in [-0.2, 0) is 0 Å². The van der Waals surface area contributed by atoms with Crippen molar-refractivity contribution in [2.24, 2.45) is 17.3 Å². The molecule has 2 aliphatic heterocycles. The van der Waals surface area contributed by atoms with E-state index >= 15 is 0 Å². The van der Waals surface area contributed by atoms with E-state index in [0.717, 1.165) is 11.8 Å². The van der Waals surface area contributed by atoms with E-state index in [1.54, 1.807) is 0 Å². The number of rotatable bonds is 5. The SMILES string of the molecule is CC(CCCC1CC[N+]2(CCCC2)CC1)CC(C)(C)C. The average molecular weight is 281 g/mol. The largest absolute Gasteiger partial charge is 0.324 e. The lowest BCUT2D eigenvalue weighted by atomic mass is 9.82. The van der Waals surface area contributed by atoms with Crippen molar-refractivity contribution in [1.29, 1.82) is 0 Å². The molecule has 20 heavy (non-hydrogen) atoms. The van der Waals surface area contributed by atoms with Crippen LogP contribution < -0.4 is 0 Å². The number of hydrogen-bond donors (Lipinski definition) is 0. The zero-order valence-electron chi connectivity index (χ0n) is 14.6. The molecule has 1 atom stereocenters. The lowest BCUT2D eigenvalue weighted by Gasteiger charge is -2.40.